The number of nitrogens with zero attached hydrogens (tertiary/aromatic N) is 1. The van der Waals surface area contributed by atoms with E-state index in [0.717, 1.165) is 11.4 Å². The van der Waals surface area contributed by atoms with E-state index >= 15 is 0 Å². The zero-order chi connectivity index (χ0) is 15.4. The topological polar surface area (TPSA) is 54.0 Å². The van der Waals surface area contributed by atoms with E-state index in [-0.39, 0.29) is 11.9 Å². The van der Waals surface area contributed by atoms with Crippen molar-refractivity contribution in [3.05, 3.63) is 44.7 Å². The maximum atomic E-state index is 12.3. The standard InChI is InChI=1S/C15H18ClN3OS/c1-4-17-14-8-11(7-13(16)19-14)15(20)18-10(3)12-6-5-9(2)21-12/h5-8,10H,4H2,1-3H3,(H,17,19)(H,18,20). The van der Waals surface area contributed by atoms with Crippen molar-refractivity contribution >= 4 is 34.7 Å². The van der Waals surface area contributed by atoms with Crippen LogP contribution in [0.1, 0.15) is 40.0 Å². The number of aromatic nitrogens is 1. The molecule has 0 saturated heterocycles. The highest BCUT2D eigenvalue weighted by atomic mass is 35.5. The van der Waals surface area contributed by atoms with Crippen molar-refractivity contribution in [2.45, 2.75) is 26.8 Å². The number of carbonyl (C=O) groups excluding carboxylic acids is 1. The number of hydrogen-bond acceptors (Lipinski definition) is 4. The van der Waals surface area contributed by atoms with Gasteiger partial charge in [-0.1, -0.05) is 11.6 Å². The Bertz CT molecular complexity index is 642. The van der Waals surface area contributed by atoms with Gasteiger partial charge >= 0.3 is 0 Å². The molecule has 6 heteroatoms. The molecule has 2 rings (SSSR count). The van der Waals surface area contributed by atoms with Crippen molar-refractivity contribution in [3.8, 4) is 0 Å². The first-order valence-electron chi connectivity index (χ1n) is 6.78. The molecule has 0 bridgehead atoms. The molecule has 21 heavy (non-hydrogen) atoms. The van der Waals surface area contributed by atoms with E-state index < -0.39 is 0 Å². The second kappa shape index (κ2) is 6.91. The highest BCUT2D eigenvalue weighted by molar-refractivity contribution is 7.12. The summed E-state index contributed by atoms with van der Waals surface area (Å²) in [5.41, 5.74) is 0.506. The second-order valence-electron chi connectivity index (χ2n) is 4.74. The molecule has 1 unspecified atom stereocenters. The number of rotatable bonds is 5. The largest absolute Gasteiger partial charge is 0.370 e. The van der Waals surface area contributed by atoms with E-state index in [2.05, 4.69) is 21.7 Å². The van der Waals surface area contributed by atoms with Gasteiger partial charge in [-0.3, -0.25) is 4.79 Å². The number of thiophene rings is 1. The summed E-state index contributed by atoms with van der Waals surface area (Å²) in [7, 11) is 0. The molecule has 2 aromatic heterocycles. The minimum Gasteiger partial charge on any atom is -0.370 e. The fourth-order valence-electron chi connectivity index (χ4n) is 1.94. The monoisotopic (exact) mass is 323 g/mol. The molecule has 2 heterocycles. The molecule has 0 aromatic carbocycles. The molecule has 0 fully saturated rings. The van der Waals surface area contributed by atoms with Gasteiger partial charge < -0.3 is 10.6 Å². The summed E-state index contributed by atoms with van der Waals surface area (Å²) in [5, 5.41) is 6.34. The fraction of sp³-hybridized carbons (Fsp3) is 0.333. The van der Waals surface area contributed by atoms with Gasteiger partial charge in [0.25, 0.3) is 5.91 Å². The summed E-state index contributed by atoms with van der Waals surface area (Å²) in [6.07, 6.45) is 0. The lowest BCUT2D eigenvalue weighted by Gasteiger charge is -2.13. The molecule has 0 radical (unpaired) electrons. The van der Waals surface area contributed by atoms with Crippen molar-refractivity contribution in [1.29, 1.82) is 0 Å². The number of hydrogen-bond donors (Lipinski definition) is 2. The van der Waals surface area contributed by atoms with Crippen LogP contribution in [0.4, 0.5) is 5.82 Å². The molecule has 0 aliphatic rings. The maximum absolute atomic E-state index is 12.3. The van der Waals surface area contributed by atoms with E-state index in [9.17, 15) is 4.79 Å². The lowest BCUT2D eigenvalue weighted by Crippen LogP contribution is -2.26. The van der Waals surface area contributed by atoms with Crippen molar-refractivity contribution in [3.63, 3.8) is 0 Å². The molecular weight excluding hydrogens is 306 g/mol. The van der Waals surface area contributed by atoms with Gasteiger partial charge in [-0.25, -0.2) is 4.98 Å². The number of nitrogens with one attached hydrogen (secondary N) is 2. The Labute approximate surface area is 133 Å². The van der Waals surface area contributed by atoms with E-state index in [1.165, 1.54) is 4.88 Å². The predicted octanol–water partition coefficient (Wildman–Crippen LogP) is 4.03. The number of halogens is 1. The SMILES string of the molecule is CCNc1cc(C(=O)NC(C)c2ccc(C)s2)cc(Cl)n1. The van der Waals surface area contributed by atoms with Crippen molar-refractivity contribution in [1.82, 2.24) is 10.3 Å². The smallest absolute Gasteiger partial charge is 0.252 e. The van der Waals surface area contributed by atoms with Gasteiger partial charge in [-0.15, -0.1) is 11.3 Å². The Morgan fingerprint density at radius 1 is 1.43 bits per heavy atom. The molecular formula is C15H18ClN3OS. The number of amides is 1. The third kappa shape index (κ3) is 4.19. The quantitative estimate of drug-likeness (QED) is 0.817. The third-order valence-corrected chi connectivity index (χ3v) is 4.33. The molecule has 2 aromatic rings. The molecule has 1 atom stereocenters. The fourth-order valence-corrected chi connectivity index (χ4v) is 3.03. The highest BCUT2D eigenvalue weighted by Crippen LogP contribution is 2.23. The average molecular weight is 324 g/mol. The van der Waals surface area contributed by atoms with Gasteiger partial charge in [0.2, 0.25) is 0 Å². The first-order valence-corrected chi connectivity index (χ1v) is 7.97. The van der Waals surface area contributed by atoms with Crippen LogP contribution in [0.2, 0.25) is 5.15 Å². The van der Waals surface area contributed by atoms with E-state index in [1.54, 1.807) is 23.5 Å². The van der Waals surface area contributed by atoms with Gasteiger partial charge in [-0.05, 0) is 45.0 Å². The van der Waals surface area contributed by atoms with Crippen molar-refractivity contribution < 1.29 is 4.79 Å². The Balaban J connectivity index is 2.12. The molecule has 0 spiro atoms. The zero-order valence-electron chi connectivity index (χ0n) is 12.2. The molecule has 1 amide bonds. The van der Waals surface area contributed by atoms with Crippen LogP contribution < -0.4 is 10.6 Å². The van der Waals surface area contributed by atoms with E-state index in [1.807, 2.05) is 26.8 Å². The average Bonchev–Trinajstić information content (AvgIpc) is 2.85. The van der Waals surface area contributed by atoms with Gasteiger partial charge in [-0.2, -0.15) is 0 Å². The van der Waals surface area contributed by atoms with Crippen LogP contribution in [-0.2, 0) is 0 Å². The lowest BCUT2D eigenvalue weighted by atomic mass is 10.2. The minimum atomic E-state index is -0.156. The summed E-state index contributed by atoms with van der Waals surface area (Å²) in [6, 6.07) is 7.33. The lowest BCUT2D eigenvalue weighted by molar-refractivity contribution is 0.0940. The Morgan fingerprint density at radius 3 is 2.81 bits per heavy atom. The Morgan fingerprint density at radius 2 is 2.19 bits per heavy atom. The first kappa shape index (κ1) is 15.8. The Hall–Kier alpha value is -1.59. The molecule has 0 aliphatic heterocycles. The van der Waals surface area contributed by atoms with Crippen LogP contribution >= 0.6 is 22.9 Å². The van der Waals surface area contributed by atoms with Crippen molar-refractivity contribution in [2.75, 3.05) is 11.9 Å². The number of pyridine rings is 1. The van der Waals surface area contributed by atoms with Crippen LogP contribution in [-0.4, -0.2) is 17.4 Å². The van der Waals surface area contributed by atoms with E-state index in [0.29, 0.717) is 16.5 Å². The first-order chi connectivity index (χ1) is 9.99. The summed E-state index contributed by atoms with van der Waals surface area (Å²) < 4.78 is 0. The molecule has 0 aliphatic carbocycles. The van der Waals surface area contributed by atoms with Crippen molar-refractivity contribution in [2.24, 2.45) is 0 Å². The normalized spacial score (nSPS) is 12.0. The predicted molar refractivity (Wildman–Crippen MR) is 88.3 cm³/mol. The zero-order valence-corrected chi connectivity index (χ0v) is 13.8. The third-order valence-electron chi connectivity index (χ3n) is 2.95. The van der Waals surface area contributed by atoms with Gasteiger partial charge in [0.1, 0.15) is 11.0 Å². The number of aryl methyl sites for hydroxylation is 1. The van der Waals surface area contributed by atoms with Crippen LogP contribution in [0, 0.1) is 6.92 Å². The van der Waals surface area contributed by atoms with Gasteiger partial charge in [0, 0.05) is 21.9 Å². The molecule has 112 valence electrons. The summed E-state index contributed by atoms with van der Waals surface area (Å²) in [5.74, 6) is 0.451. The van der Waals surface area contributed by atoms with Crippen LogP contribution in [0.3, 0.4) is 0 Å². The second-order valence-corrected chi connectivity index (χ2v) is 6.44. The van der Waals surface area contributed by atoms with Crippen LogP contribution in [0.15, 0.2) is 24.3 Å². The minimum absolute atomic E-state index is 0.0364. The summed E-state index contributed by atoms with van der Waals surface area (Å²) in [6.45, 7) is 6.70. The van der Waals surface area contributed by atoms with Gasteiger partial charge in [0.15, 0.2) is 0 Å². The van der Waals surface area contributed by atoms with Gasteiger partial charge in [0.05, 0.1) is 6.04 Å². The molecule has 4 nitrogen and oxygen atoms in total. The van der Waals surface area contributed by atoms with Crippen LogP contribution in [0.5, 0.6) is 0 Å². The maximum Gasteiger partial charge on any atom is 0.252 e. The Kier molecular flexibility index (Phi) is 5.20. The molecule has 0 saturated carbocycles. The van der Waals surface area contributed by atoms with Crippen LogP contribution in [0.25, 0.3) is 0 Å². The van der Waals surface area contributed by atoms with E-state index in [4.69, 9.17) is 11.6 Å². The summed E-state index contributed by atoms with van der Waals surface area (Å²) >= 11 is 7.64. The highest BCUT2D eigenvalue weighted by Gasteiger charge is 2.14. The number of anilines is 1. The molecule has 2 N–H and O–H groups in total. The number of carbonyl (C=O) groups is 1. The summed E-state index contributed by atoms with van der Waals surface area (Å²) in [4.78, 5) is 18.8.